The van der Waals surface area contributed by atoms with Crippen LogP contribution in [0.2, 0.25) is 0 Å². The number of thioether (sulfide) groups is 1. The van der Waals surface area contributed by atoms with Crippen LogP contribution in [0.25, 0.3) is 11.6 Å². The second-order valence-corrected chi connectivity index (χ2v) is 8.51. The number of hydrazone groups is 1. The molecule has 9 nitrogen and oxygen atoms in total. The van der Waals surface area contributed by atoms with Crippen molar-refractivity contribution in [2.24, 2.45) is 5.10 Å². The molecule has 0 unspecified atom stereocenters. The third kappa shape index (κ3) is 4.24. The minimum Gasteiger partial charge on any atom is -0.497 e. The van der Waals surface area contributed by atoms with Gasteiger partial charge in [0.1, 0.15) is 17.6 Å². The molecule has 0 spiro atoms. The number of aromatic nitrogens is 3. The lowest BCUT2D eigenvalue weighted by atomic mass is 10.0. The molecule has 5 rings (SSSR count). The first-order valence-electron chi connectivity index (χ1n) is 10.8. The first-order chi connectivity index (χ1) is 16.7. The number of carbonyl (C=O) groups excluding carboxylic acids is 1. The van der Waals surface area contributed by atoms with Crippen LogP contribution in [0.3, 0.4) is 0 Å². The van der Waals surface area contributed by atoms with E-state index < -0.39 is 0 Å². The Morgan fingerprint density at radius 3 is 2.59 bits per heavy atom. The molecule has 34 heavy (non-hydrogen) atoms. The zero-order valence-corrected chi connectivity index (χ0v) is 19.6. The fourth-order valence-electron chi connectivity index (χ4n) is 3.86. The van der Waals surface area contributed by atoms with Gasteiger partial charge in [-0.3, -0.25) is 9.36 Å². The maximum atomic E-state index is 13.3. The van der Waals surface area contributed by atoms with E-state index in [1.165, 1.54) is 16.8 Å². The van der Waals surface area contributed by atoms with Crippen LogP contribution in [0.4, 0.5) is 0 Å². The highest BCUT2D eigenvalue weighted by Gasteiger charge is 2.35. The lowest BCUT2D eigenvalue weighted by Gasteiger charge is -2.19. The first kappa shape index (κ1) is 22.0. The molecule has 1 atom stereocenters. The van der Waals surface area contributed by atoms with Crippen molar-refractivity contribution in [3.05, 3.63) is 72.4 Å². The van der Waals surface area contributed by atoms with Gasteiger partial charge in [0.15, 0.2) is 16.7 Å². The van der Waals surface area contributed by atoms with E-state index >= 15 is 0 Å². The van der Waals surface area contributed by atoms with Crippen molar-refractivity contribution in [3.63, 3.8) is 0 Å². The molecule has 4 aromatic rings. The van der Waals surface area contributed by atoms with Crippen molar-refractivity contribution >= 4 is 23.4 Å². The van der Waals surface area contributed by atoms with Crippen LogP contribution in [0, 0.1) is 0 Å². The highest BCUT2D eigenvalue weighted by atomic mass is 32.2. The fraction of sp³-hybridized carbons (Fsp3) is 0.250. The van der Waals surface area contributed by atoms with Crippen molar-refractivity contribution in [1.82, 2.24) is 19.8 Å². The van der Waals surface area contributed by atoms with E-state index in [2.05, 4.69) is 15.3 Å². The monoisotopic (exact) mass is 477 g/mol. The largest absolute Gasteiger partial charge is 0.497 e. The van der Waals surface area contributed by atoms with Gasteiger partial charge in [-0.2, -0.15) is 5.10 Å². The van der Waals surface area contributed by atoms with Gasteiger partial charge < -0.3 is 13.6 Å². The zero-order chi connectivity index (χ0) is 23.5. The number of hydrogen-bond acceptors (Lipinski definition) is 8. The maximum absolute atomic E-state index is 13.3. The molecule has 1 aliphatic rings. The van der Waals surface area contributed by atoms with Gasteiger partial charge in [0, 0.05) is 13.0 Å². The van der Waals surface area contributed by atoms with Gasteiger partial charge in [-0.1, -0.05) is 11.8 Å². The Hall–Kier alpha value is -3.79. The standard InChI is InChI=1S/C24H23N5O4S/c1-3-28-23(21-7-5-13-33-21)25-26-24(28)34-15-22(30)29-19(20-6-4-12-32-20)14-18(27-29)16-8-10-17(31-2)11-9-16/h4-13,19H,3,14-15H2,1-2H3/t19-/m0/s1. The number of hydrogen-bond donors (Lipinski definition) is 0. The summed E-state index contributed by atoms with van der Waals surface area (Å²) in [5, 5.41) is 15.4. The molecule has 0 N–H and O–H groups in total. The minimum absolute atomic E-state index is 0.139. The van der Waals surface area contributed by atoms with Gasteiger partial charge in [-0.05, 0) is 61.0 Å². The summed E-state index contributed by atoms with van der Waals surface area (Å²) >= 11 is 1.33. The van der Waals surface area contributed by atoms with Crippen LogP contribution in [0.1, 0.15) is 30.7 Å². The first-order valence-corrected chi connectivity index (χ1v) is 11.8. The molecular weight excluding hydrogens is 454 g/mol. The van der Waals surface area contributed by atoms with Crippen molar-refractivity contribution < 1.29 is 18.4 Å². The van der Waals surface area contributed by atoms with Gasteiger partial charge in [0.2, 0.25) is 0 Å². The number of methoxy groups -OCH3 is 1. The van der Waals surface area contributed by atoms with E-state index in [9.17, 15) is 4.79 Å². The molecule has 0 saturated heterocycles. The van der Waals surface area contributed by atoms with E-state index in [0.29, 0.717) is 35.5 Å². The lowest BCUT2D eigenvalue weighted by molar-refractivity contribution is -0.130. The third-order valence-electron chi connectivity index (χ3n) is 5.56. The van der Waals surface area contributed by atoms with Crippen molar-refractivity contribution in [3.8, 4) is 17.3 Å². The Bertz CT molecular complexity index is 1280. The Morgan fingerprint density at radius 1 is 1.12 bits per heavy atom. The van der Waals surface area contributed by atoms with E-state index in [1.54, 1.807) is 25.7 Å². The molecule has 3 aromatic heterocycles. The highest BCUT2D eigenvalue weighted by Crippen LogP contribution is 2.34. The maximum Gasteiger partial charge on any atom is 0.253 e. The summed E-state index contributed by atoms with van der Waals surface area (Å²) in [4.78, 5) is 13.3. The van der Waals surface area contributed by atoms with E-state index in [-0.39, 0.29) is 17.7 Å². The fourth-order valence-corrected chi connectivity index (χ4v) is 4.72. The SMILES string of the molecule is CCn1c(SCC(=O)N2N=C(c3ccc(OC)cc3)C[C@H]2c2ccco2)nnc1-c1ccco1. The molecule has 1 aliphatic heterocycles. The van der Waals surface area contributed by atoms with Gasteiger partial charge in [0.25, 0.3) is 5.91 Å². The van der Waals surface area contributed by atoms with Crippen molar-refractivity contribution in [1.29, 1.82) is 0 Å². The summed E-state index contributed by atoms with van der Waals surface area (Å²) in [5.74, 6) is 2.76. The smallest absolute Gasteiger partial charge is 0.253 e. The second kappa shape index (κ2) is 9.60. The summed E-state index contributed by atoms with van der Waals surface area (Å²) in [7, 11) is 1.63. The van der Waals surface area contributed by atoms with Crippen LogP contribution in [-0.2, 0) is 11.3 Å². The summed E-state index contributed by atoms with van der Waals surface area (Å²) in [6.07, 6.45) is 3.77. The van der Waals surface area contributed by atoms with Crippen molar-refractivity contribution in [2.45, 2.75) is 31.1 Å². The predicted octanol–water partition coefficient (Wildman–Crippen LogP) is 4.63. The Labute approximate surface area is 200 Å². The minimum atomic E-state index is -0.303. The molecule has 0 saturated carbocycles. The number of amides is 1. The van der Waals surface area contributed by atoms with Crippen LogP contribution in [-0.4, -0.2) is 44.3 Å². The van der Waals surface area contributed by atoms with Crippen LogP contribution >= 0.6 is 11.8 Å². The van der Waals surface area contributed by atoms with Gasteiger partial charge in [0.05, 0.1) is 31.1 Å². The van der Waals surface area contributed by atoms with Gasteiger partial charge >= 0.3 is 0 Å². The predicted molar refractivity (Wildman–Crippen MR) is 127 cm³/mol. The Balaban J connectivity index is 1.36. The highest BCUT2D eigenvalue weighted by molar-refractivity contribution is 7.99. The van der Waals surface area contributed by atoms with Crippen molar-refractivity contribution in [2.75, 3.05) is 12.9 Å². The van der Waals surface area contributed by atoms with Gasteiger partial charge in [-0.25, -0.2) is 5.01 Å². The molecule has 0 aliphatic carbocycles. The van der Waals surface area contributed by atoms with E-state index in [4.69, 9.17) is 13.6 Å². The molecule has 0 bridgehead atoms. The summed E-state index contributed by atoms with van der Waals surface area (Å²) in [6, 6.07) is 14.7. The molecule has 1 aromatic carbocycles. The molecule has 174 valence electrons. The zero-order valence-electron chi connectivity index (χ0n) is 18.7. The number of carbonyl (C=O) groups is 1. The lowest BCUT2D eigenvalue weighted by Crippen LogP contribution is -2.28. The van der Waals surface area contributed by atoms with E-state index in [0.717, 1.165) is 17.0 Å². The number of nitrogens with zero attached hydrogens (tertiary/aromatic N) is 5. The Kier molecular flexibility index (Phi) is 6.22. The van der Waals surface area contributed by atoms with Gasteiger partial charge in [-0.15, -0.1) is 10.2 Å². The average molecular weight is 478 g/mol. The van der Waals surface area contributed by atoms with Crippen LogP contribution < -0.4 is 4.74 Å². The average Bonchev–Trinajstić information content (AvgIpc) is 3.68. The number of rotatable bonds is 8. The summed E-state index contributed by atoms with van der Waals surface area (Å²) in [5.41, 5.74) is 1.76. The quantitative estimate of drug-likeness (QED) is 0.341. The normalized spacial score (nSPS) is 15.5. The molecule has 0 radical (unpaired) electrons. The Morgan fingerprint density at radius 2 is 1.91 bits per heavy atom. The molecular formula is C24H23N5O4S. The second-order valence-electron chi connectivity index (χ2n) is 7.57. The number of benzene rings is 1. The molecule has 1 amide bonds. The third-order valence-corrected chi connectivity index (χ3v) is 6.51. The van der Waals surface area contributed by atoms with Crippen LogP contribution in [0.5, 0.6) is 5.75 Å². The van der Waals surface area contributed by atoms with Crippen LogP contribution in [0.15, 0.2) is 80.1 Å². The number of ether oxygens (including phenoxy) is 1. The molecule has 0 fully saturated rings. The summed E-state index contributed by atoms with van der Waals surface area (Å²) in [6.45, 7) is 2.65. The summed E-state index contributed by atoms with van der Waals surface area (Å²) < 4.78 is 18.3. The number of furan rings is 2. The molecule has 10 heteroatoms. The van der Waals surface area contributed by atoms with E-state index in [1.807, 2.05) is 54.0 Å². The topological polar surface area (TPSA) is 98.9 Å². The molecule has 4 heterocycles.